The number of nitrogen functional groups attached to an aromatic ring is 2. The zero-order valence-corrected chi connectivity index (χ0v) is 72.8. The quantitative estimate of drug-likeness (QED) is 0.0124. The molecular formula is C86H131N13O25. The van der Waals surface area contributed by atoms with Gasteiger partial charge in [-0.2, -0.15) is 10.1 Å². The number of fused-ring (bicyclic) bond motifs is 5. The highest BCUT2D eigenvalue weighted by atomic mass is 16.6. The fourth-order valence-electron chi connectivity index (χ4n) is 15.3. The van der Waals surface area contributed by atoms with E-state index < -0.39 is 114 Å². The molecule has 4 amide bonds. The van der Waals surface area contributed by atoms with Gasteiger partial charge in [-0.25, -0.2) is 29.2 Å². The first-order valence-corrected chi connectivity index (χ1v) is 43.3. The fraction of sp³-hybridized carbons (Fsp3) is 0.686. The minimum absolute atomic E-state index is 0.00115. The van der Waals surface area contributed by atoms with E-state index in [1.54, 1.807) is 37.9 Å². The number of oxazole rings is 1. The number of aryl methyl sites for hydroxylation is 1. The molecule has 4 aromatic rings. The van der Waals surface area contributed by atoms with E-state index in [-0.39, 0.29) is 126 Å². The van der Waals surface area contributed by atoms with Crippen LogP contribution >= 0.6 is 0 Å². The number of rotatable bonds is 42. The number of nitrogens with zero attached hydrogens (tertiary/aromatic N) is 7. The van der Waals surface area contributed by atoms with Crippen LogP contribution in [0, 0.1) is 23.7 Å². The Balaban J connectivity index is 0.626. The van der Waals surface area contributed by atoms with Crippen LogP contribution < -0.4 is 33.2 Å². The second-order valence-electron chi connectivity index (χ2n) is 31.8. The van der Waals surface area contributed by atoms with Crippen molar-refractivity contribution in [1.82, 2.24) is 50.6 Å². The lowest BCUT2D eigenvalue weighted by Crippen LogP contribution is -2.58. The maximum atomic E-state index is 14.6. The Morgan fingerprint density at radius 1 is 0.685 bits per heavy atom. The lowest BCUT2D eigenvalue weighted by atomic mass is 9.80. The molecule has 8 rings (SSSR count). The summed E-state index contributed by atoms with van der Waals surface area (Å²) < 4.78 is 81.3. The highest BCUT2D eigenvalue weighted by molar-refractivity contribution is 6.39. The van der Waals surface area contributed by atoms with Crippen LogP contribution in [0.2, 0.25) is 0 Å². The predicted molar refractivity (Wildman–Crippen MR) is 453 cm³/mol. The molecule has 4 aliphatic rings. The van der Waals surface area contributed by atoms with Crippen molar-refractivity contribution in [2.75, 3.05) is 158 Å². The minimum Gasteiger partial charge on any atom is -0.459 e. The summed E-state index contributed by atoms with van der Waals surface area (Å²) in [6, 6.07) is -0.463. The molecule has 4 aromatic heterocycles. The van der Waals surface area contributed by atoms with Gasteiger partial charge in [0.25, 0.3) is 17.7 Å². The molecule has 12 N–H and O–H groups in total. The number of carbonyl (C=O) groups excluding carboxylic acids is 8. The molecule has 3 aliphatic heterocycles. The third-order valence-electron chi connectivity index (χ3n) is 22.2. The number of aliphatic hydroxyl groups excluding tert-OH is 2. The van der Waals surface area contributed by atoms with Crippen LogP contribution in [0.15, 0.2) is 70.6 Å². The maximum Gasteiger partial charge on any atom is 0.407 e. The number of hydrogen-bond donors (Lipinski definition) is 9. The molecule has 3 fully saturated rings. The van der Waals surface area contributed by atoms with Crippen LogP contribution in [0.1, 0.15) is 144 Å². The Morgan fingerprint density at radius 2 is 1.32 bits per heavy atom. The van der Waals surface area contributed by atoms with Crippen molar-refractivity contribution in [2.24, 2.45) is 29.4 Å². The molecule has 7 heterocycles. The summed E-state index contributed by atoms with van der Waals surface area (Å²) in [6.07, 6.45) is 11.4. The monoisotopic (exact) mass is 1750 g/mol. The van der Waals surface area contributed by atoms with Gasteiger partial charge in [-0.3, -0.25) is 28.8 Å². The number of piperidine rings is 1. The van der Waals surface area contributed by atoms with E-state index in [1.165, 1.54) is 26.4 Å². The lowest BCUT2D eigenvalue weighted by molar-refractivity contribution is -0.245. The third-order valence-corrected chi connectivity index (χ3v) is 22.2. The van der Waals surface area contributed by atoms with Crippen molar-refractivity contribution in [3.63, 3.8) is 0 Å². The second kappa shape index (κ2) is 53.7. The number of pyridine rings is 1. The molecule has 0 radical (unpaired) electrons. The number of alkyl carbamates (subject to hydrolysis) is 1. The summed E-state index contributed by atoms with van der Waals surface area (Å²) in [7, 11) is 3.05. The van der Waals surface area contributed by atoms with Crippen LogP contribution in [0.3, 0.4) is 0 Å². The van der Waals surface area contributed by atoms with Crippen LogP contribution in [0.5, 0.6) is 0 Å². The molecule has 0 unspecified atom stereocenters. The maximum absolute atomic E-state index is 14.6. The number of nitrogens with one attached hydrogen (secondary N) is 3. The SMILES string of the molecule is CO[C@H]1C[C@@H]2CCC[C@@](O)(O2)C(=O)C(=O)N2CCCC[C@H]2C(=O)O[C@H]([C@H](N)C[C@@H]2CC[C@@H](OC(=O)NCCOCCOCCOCCOCCC(=O)NCCOCCOCCOCCOCCC(=O)NCCCCn3nc(-c4cnc5oc(N)nc5c4)c4c(N)ncnc43)[C@H](OC)C2)CC(=O)[C@H](C)/C=C(\C)[C@@H](O)[C@@H](O)C(=O)[C@H](C)C[C@H](C)/C=C/C=CC=C1C. The fourth-order valence-corrected chi connectivity index (χ4v) is 15.3. The van der Waals surface area contributed by atoms with Gasteiger partial charge in [0.2, 0.25) is 23.3 Å². The summed E-state index contributed by atoms with van der Waals surface area (Å²) >= 11 is 0. The molecule has 14 atom stereocenters. The number of esters is 1. The van der Waals surface area contributed by atoms with E-state index in [4.69, 9.17) is 88.3 Å². The van der Waals surface area contributed by atoms with Gasteiger partial charge < -0.3 is 119 Å². The highest BCUT2D eigenvalue weighted by Gasteiger charge is 2.50. The first kappa shape index (κ1) is 101. The van der Waals surface area contributed by atoms with Gasteiger partial charge in [0.05, 0.1) is 129 Å². The number of anilines is 2. The first-order valence-electron chi connectivity index (χ1n) is 43.3. The normalized spacial score (nSPS) is 25.4. The Kier molecular flexibility index (Phi) is 43.6. The average molecular weight is 1750 g/mol. The Hall–Kier alpha value is -8.71. The topological polar surface area (TPSA) is 517 Å². The van der Waals surface area contributed by atoms with E-state index in [9.17, 15) is 53.7 Å². The van der Waals surface area contributed by atoms with Crippen molar-refractivity contribution in [1.29, 1.82) is 0 Å². The Bertz CT molecular complexity index is 4140. The number of amides is 4. The van der Waals surface area contributed by atoms with Gasteiger partial charge in [0, 0.05) is 109 Å². The van der Waals surface area contributed by atoms with E-state index in [0.29, 0.717) is 190 Å². The molecule has 38 heteroatoms. The van der Waals surface area contributed by atoms with Crippen LogP contribution in [0.25, 0.3) is 33.5 Å². The largest absolute Gasteiger partial charge is 0.459 e. The zero-order valence-electron chi connectivity index (χ0n) is 72.8. The number of aliphatic hydroxyl groups is 3. The molecule has 0 aromatic carbocycles. The number of aromatic nitrogens is 6. The third kappa shape index (κ3) is 32.9. The summed E-state index contributed by atoms with van der Waals surface area (Å²) in [5.74, 6) is -8.51. The smallest absolute Gasteiger partial charge is 0.407 e. The van der Waals surface area contributed by atoms with Crippen LogP contribution in [-0.4, -0.2) is 304 Å². The van der Waals surface area contributed by atoms with Crippen LogP contribution in [-0.2, 0) is 102 Å². The predicted octanol–water partition coefficient (Wildman–Crippen LogP) is 4.84. The van der Waals surface area contributed by atoms with Crippen molar-refractivity contribution in [3.05, 3.63) is 66.2 Å². The van der Waals surface area contributed by atoms with Crippen molar-refractivity contribution < 1.29 is 120 Å². The van der Waals surface area contributed by atoms with Crippen molar-refractivity contribution in [3.8, 4) is 11.3 Å². The van der Waals surface area contributed by atoms with Gasteiger partial charge in [-0.15, -0.1) is 0 Å². The Morgan fingerprint density at radius 3 is 1.98 bits per heavy atom. The number of hydrogen-bond acceptors (Lipinski definition) is 33. The summed E-state index contributed by atoms with van der Waals surface area (Å²) in [5.41, 5.74) is 22.5. The van der Waals surface area contributed by atoms with Gasteiger partial charge in [-0.05, 0) is 120 Å². The summed E-state index contributed by atoms with van der Waals surface area (Å²) in [4.78, 5) is 127. The molecule has 1 aliphatic carbocycles. The van der Waals surface area contributed by atoms with Crippen molar-refractivity contribution in [2.45, 2.75) is 211 Å². The number of cyclic esters (lactones) is 1. The highest BCUT2D eigenvalue weighted by Crippen LogP contribution is 2.37. The molecule has 690 valence electrons. The van der Waals surface area contributed by atoms with E-state index in [0.717, 1.165) is 10.5 Å². The number of methoxy groups -OCH3 is 2. The number of nitrogens with two attached hydrogens (primary N) is 3. The second-order valence-corrected chi connectivity index (χ2v) is 31.8. The van der Waals surface area contributed by atoms with Gasteiger partial charge in [-0.1, -0.05) is 57.2 Å². The number of carbonyl (C=O) groups is 8. The summed E-state index contributed by atoms with van der Waals surface area (Å²) in [6.45, 7) is 15.0. The van der Waals surface area contributed by atoms with Crippen LogP contribution in [0.4, 0.5) is 16.6 Å². The Labute approximate surface area is 723 Å². The molecule has 1 saturated carbocycles. The van der Waals surface area contributed by atoms with Gasteiger partial charge >= 0.3 is 12.1 Å². The molecule has 0 spiro atoms. The van der Waals surface area contributed by atoms with Crippen molar-refractivity contribution >= 4 is 81.2 Å². The first-order chi connectivity index (χ1) is 59.8. The minimum atomic E-state index is -2.47. The molecule has 2 bridgehead atoms. The number of unbranched alkanes of at least 4 members (excludes halogenated alkanes) is 1. The van der Waals surface area contributed by atoms with E-state index in [2.05, 4.69) is 35.9 Å². The van der Waals surface area contributed by atoms with Gasteiger partial charge in [0.15, 0.2) is 11.4 Å². The van der Waals surface area contributed by atoms with E-state index in [1.807, 2.05) is 44.2 Å². The number of ketones is 3. The lowest BCUT2D eigenvalue weighted by Gasteiger charge is -2.40. The number of ether oxygens (including phenoxy) is 13. The number of Topliss-reactive ketones (excluding diaryl/α,β-unsaturated/α-hetero) is 3. The van der Waals surface area contributed by atoms with Gasteiger partial charge in [0.1, 0.15) is 59.6 Å². The molecule has 124 heavy (non-hydrogen) atoms. The summed E-state index contributed by atoms with van der Waals surface area (Å²) in [5, 5.41) is 48.0. The molecule has 38 nitrogen and oxygen atoms in total. The average Bonchev–Trinajstić information content (AvgIpc) is 1.57. The van der Waals surface area contributed by atoms with E-state index >= 15 is 0 Å². The zero-order chi connectivity index (χ0) is 89.3. The molecule has 2 saturated heterocycles. The molecular weight excluding hydrogens is 1620 g/mol. The standard InChI is InChI=1S/C86H131N13O25/c1-55-16-9-8-10-17-56(2)68(111-6)51-62-18-15-24-86(110,124-62)78(106)82(107)98-28-13-11-19-65(98)83(108)121-69(52-66(100)57(3)47-59(5)76(104)77(105)75(103)58(4)46-55)63(87)48-60-20-21-67(70(49-60)112-7)122-85(109)92-27-33-116-37-41-120-45-43-118-39-35-114-31-23-72(102)91-26-32-115-36-40-119-44-42-117-38-34-113-30-22-71(101)90-25-12-14-29-99-80-73(79(88)94-54-95-80)74(97-99)61-50-64-81(93-53-61)123-84(89)96-64/h8-10,16-17,47,50,53-55,57-58,60,62-63,65,67-70,76-77,104-105,110H,11-15,18-46,48-49,51-52,87H2,1-7H3,(H2,89,96)(H,90,101)(H,91,102)(H,92,109)(H2,88,94,95)/b10-8?,16-9+,56-17?,59-47+/t55-,57-,58-,60+,62+,63-,65+,67-,68+,69+,70-,76-,77+,86-/m1/s1. The number of allylic oxidation sites excluding steroid dienone is 6.